The molecule has 1 amide bonds. The van der Waals surface area contributed by atoms with Crippen molar-refractivity contribution in [1.29, 1.82) is 0 Å². The van der Waals surface area contributed by atoms with E-state index in [1.807, 2.05) is 85.1 Å². The van der Waals surface area contributed by atoms with Crippen LogP contribution in [-0.4, -0.2) is 36.2 Å². The first-order chi connectivity index (χ1) is 14.7. The molecule has 0 radical (unpaired) electrons. The molecule has 2 aromatic carbocycles. The maximum Gasteiger partial charge on any atom is 0.236 e. The number of carbonyl (C=O) groups is 1. The Balaban J connectivity index is 1.46. The first kappa shape index (κ1) is 19.9. The monoisotopic (exact) mass is 418 g/mol. The molecule has 0 saturated carbocycles. The van der Waals surface area contributed by atoms with Gasteiger partial charge in [-0.05, 0) is 26.0 Å². The highest BCUT2D eigenvalue weighted by molar-refractivity contribution is 7.99. The Morgan fingerprint density at radius 3 is 2.43 bits per heavy atom. The highest BCUT2D eigenvalue weighted by atomic mass is 32.2. The Morgan fingerprint density at radius 1 is 1.03 bits per heavy atom. The Labute approximate surface area is 179 Å². The van der Waals surface area contributed by atoms with Crippen LogP contribution in [0.15, 0.2) is 71.9 Å². The fraction of sp³-hybridized carbons (Fsp3) is 0.182. The van der Waals surface area contributed by atoms with E-state index in [2.05, 4.69) is 20.6 Å². The summed E-state index contributed by atoms with van der Waals surface area (Å²) in [5.74, 6) is 1.56. The topological polar surface area (TPSA) is 77.6 Å². The van der Waals surface area contributed by atoms with E-state index in [-0.39, 0.29) is 11.7 Å². The molecule has 0 aliphatic heterocycles. The van der Waals surface area contributed by atoms with Crippen molar-refractivity contribution >= 4 is 23.5 Å². The van der Waals surface area contributed by atoms with Crippen LogP contribution in [-0.2, 0) is 11.3 Å². The Kier molecular flexibility index (Phi) is 5.94. The summed E-state index contributed by atoms with van der Waals surface area (Å²) in [4.78, 5) is 12.6. The lowest BCUT2D eigenvalue weighted by Crippen LogP contribution is -2.17. The standard InChI is InChI=1S/C22H22N6OS/c1-3-27-21(17-10-6-4-7-11-17)24-25-22(27)30-15-20(29)23-19-14-16(2)26-28(19)18-12-8-5-9-13-18/h4-14H,3,15H2,1-2H3,(H,23,29). The van der Waals surface area contributed by atoms with Gasteiger partial charge in [-0.25, -0.2) is 4.68 Å². The average molecular weight is 419 g/mol. The average Bonchev–Trinajstić information content (AvgIpc) is 3.36. The third kappa shape index (κ3) is 4.28. The summed E-state index contributed by atoms with van der Waals surface area (Å²) in [7, 11) is 0. The number of hydrogen-bond donors (Lipinski definition) is 1. The number of para-hydroxylation sites is 1. The van der Waals surface area contributed by atoms with Crippen LogP contribution in [0.3, 0.4) is 0 Å². The summed E-state index contributed by atoms with van der Waals surface area (Å²) in [5.41, 5.74) is 2.73. The third-order valence-corrected chi connectivity index (χ3v) is 5.46. The number of amides is 1. The van der Waals surface area contributed by atoms with Crippen molar-refractivity contribution in [3.63, 3.8) is 0 Å². The second-order valence-corrected chi connectivity index (χ2v) is 7.61. The predicted octanol–water partition coefficient (Wildman–Crippen LogP) is 4.19. The summed E-state index contributed by atoms with van der Waals surface area (Å²) in [5, 5.41) is 16.8. The molecule has 0 aliphatic rings. The van der Waals surface area contributed by atoms with Crippen molar-refractivity contribution in [2.24, 2.45) is 0 Å². The van der Waals surface area contributed by atoms with Gasteiger partial charge in [0.05, 0.1) is 17.1 Å². The van der Waals surface area contributed by atoms with Crippen LogP contribution < -0.4 is 5.32 Å². The molecule has 7 nitrogen and oxygen atoms in total. The van der Waals surface area contributed by atoms with Crippen molar-refractivity contribution in [2.75, 3.05) is 11.1 Å². The summed E-state index contributed by atoms with van der Waals surface area (Å²) >= 11 is 1.37. The fourth-order valence-corrected chi connectivity index (χ4v) is 3.95. The summed E-state index contributed by atoms with van der Waals surface area (Å²) in [6.45, 7) is 4.67. The first-order valence-electron chi connectivity index (χ1n) is 9.69. The van der Waals surface area contributed by atoms with Crippen LogP contribution in [0, 0.1) is 6.92 Å². The molecule has 30 heavy (non-hydrogen) atoms. The van der Waals surface area contributed by atoms with Crippen LogP contribution in [0.5, 0.6) is 0 Å². The van der Waals surface area contributed by atoms with E-state index in [1.54, 1.807) is 4.68 Å². The van der Waals surface area contributed by atoms with Gasteiger partial charge in [0.25, 0.3) is 0 Å². The van der Waals surface area contributed by atoms with Gasteiger partial charge in [-0.2, -0.15) is 5.10 Å². The van der Waals surface area contributed by atoms with Crippen LogP contribution >= 0.6 is 11.8 Å². The zero-order chi connectivity index (χ0) is 20.9. The number of nitrogens with zero attached hydrogens (tertiary/aromatic N) is 5. The molecule has 152 valence electrons. The van der Waals surface area contributed by atoms with Crippen LogP contribution in [0.25, 0.3) is 17.1 Å². The van der Waals surface area contributed by atoms with Crippen molar-refractivity contribution in [2.45, 2.75) is 25.5 Å². The van der Waals surface area contributed by atoms with Crippen LogP contribution in [0.4, 0.5) is 5.82 Å². The Morgan fingerprint density at radius 2 is 1.73 bits per heavy atom. The lowest BCUT2D eigenvalue weighted by atomic mass is 10.2. The molecule has 2 heterocycles. The van der Waals surface area contributed by atoms with E-state index in [0.717, 1.165) is 34.5 Å². The van der Waals surface area contributed by atoms with E-state index < -0.39 is 0 Å². The molecule has 0 spiro atoms. The smallest absolute Gasteiger partial charge is 0.236 e. The molecule has 0 atom stereocenters. The second-order valence-electron chi connectivity index (χ2n) is 6.67. The summed E-state index contributed by atoms with van der Waals surface area (Å²) in [6, 6.07) is 21.5. The fourth-order valence-electron chi connectivity index (χ4n) is 3.14. The van der Waals surface area contributed by atoms with Crippen LogP contribution in [0.2, 0.25) is 0 Å². The Hall–Kier alpha value is -3.39. The SMILES string of the molecule is CCn1c(SCC(=O)Nc2cc(C)nn2-c2ccccc2)nnc1-c1ccccc1. The Bertz CT molecular complexity index is 1140. The molecule has 0 fully saturated rings. The minimum Gasteiger partial charge on any atom is -0.310 e. The lowest BCUT2D eigenvalue weighted by Gasteiger charge is -2.09. The van der Waals surface area contributed by atoms with Crippen molar-refractivity contribution < 1.29 is 4.79 Å². The third-order valence-electron chi connectivity index (χ3n) is 4.50. The van der Waals surface area contributed by atoms with E-state index in [4.69, 9.17) is 0 Å². The molecule has 4 aromatic rings. The highest BCUT2D eigenvalue weighted by Gasteiger charge is 2.16. The van der Waals surface area contributed by atoms with Gasteiger partial charge in [-0.15, -0.1) is 10.2 Å². The second kappa shape index (κ2) is 8.96. The zero-order valence-corrected chi connectivity index (χ0v) is 17.6. The normalized spacial score (nSPS) is 10.9. The maximum absolute atomic E-state index is 12.6. The molecule has 0 unspecified atom stereocenters. The number of hydrogen-bond acceptors (Lipinski definition) is 5. The number of benzene rings is 2. The number of rotatable bonds is 7. The quantitative estimate of drug-likeness (QED) is 0.455. The highest BCUT2D eigenvalue weighted by Crippen LogP contribution is 2.24. The maximum atomic E-state index is 12.6. The lowest BCUT2D eigenvalue weighted by molar-refractivity contribution is -0.113. The van der Waals surface area contributed by atoms with E-state index in [0.29, 0.717) is 5.82 Å². The number of aromatic nitrogens is 5. The molecule has 0 bridgehead atoms. The molecular weight excluding hydrogens is 396 g/mol. The number of nitrogens with one attached hydrogen (secondary N) is 1. The van der Waals surface area contributed by atoms with E-state index in [9.17, 15) is 4.79 Å². The minimum atomic E-state index is -0.121. The molecule has 1 N–H and O–H groups in total. The molecule has 0 saturated heterocycles. The van der Waals surface area contributed by atoms with Gasteiger partial charge in [-0.3, -0.25) is 4.79 Å². The number of aryl methyl sites for hydroxylation is 1. The van der Waals surface area contributed by atoms with Gasteiger partial charge in [0, 0.05) is 18.2 Å². The van der Waals surface area contributed by atoms with Crippen molar-refractivity contribution in [1.82, 2.24) is 24.5 Å². The largest absolute Gasteiger partial charge is 0.310 e. The first-order valence-corrected chi connectivity index (χ1v) is 10.7. The van der Waals surface area contributed by atoms with Gasteiger partial charge in [0.2, 0.25) is 5.91 Å². The van der Waals surface area contributed by atoms with Gasteiger partial charge in [-0.1, -0.05) is 60.3 Å². The van der Waals surface area contributed by atoms with Gasteiger partial charge in [0.15, 0.2) is 11.0 Å². The van der Waals surface area contributed by atoms with E-state index in [1.165, 1.54) is 11.8 Å². The predicted molar refractivity (Wildman–Crippen MR) is 119 cm³/mol. The van der Waals surface area contributed by atoms with Gasteiger partial charge >= 0.3 is 0 Å². The molecule has 2 aromatic heterocycles. The van der Waals surface area contributed by atoms with Crippen LogP contribution in [0.1, 0.15) is 12.6 Å². The number of thioether (sulfide) groups is 1. The van der Waals surface area contributed by atoms with E-state index >= 15 is 0 Å². The van der Waals surface area contributed by atoms with Crippen molar-refractivity contribution in [3.8, 4) is 17.1 Å². The molecule has 8 heteroatoms. The van der Waals surface area contributed by atoms with Crippen molar-refractivity contribution in [3.05, 3.63) is 72.4 Å². The van der Waals surface area contributed by atoms with Gasteiger partial charge < -0.3 is 9.88 Å². The summed E-state index contributed by atoms with van der Waals surface area (Å²) in [6.07, 6.45) is 0. The molecule has 4 rings (SSSR count). The minimum absolute atomic E-state index is 0.121. The summed E-state index contributed by atoms with van der Waals surface area (Å²) < 4.78 is 3.76. The number of carbonyl (C=O) groups excluding carboxylic acids is 1. The zero-order valence-electron chi connectivity index (χ0n) is 16.8. The number of anilines is 1. The molecular formula is C22H22N6OS. The molecule has 0 aliphatic carbocycles. The van der Waals surface area contributed by atoms with Gasteiger partial charge in [0.1, 0.15) is 5.82 Å².